The Balaban J connectivity index is 2.15. The molecule has 0 saturated carbocycles. The van der Waals surface area contributed by atoms with Crippen LogP contribution in [0.5, 0.6) is 5.75 Å². The highest BCUT2D eigenvalue weighted by molar-refractivity contribution is 9.10. The lowest BCUT2D eigenvalue weighted by Gasteiger charge is -2.05. The summed E-state index contributed by atoms with van der Waals surface area (Å²) in [5.41, 5.74) is 4.53. The normalized spacial score (nSPS) is 10.7. The minimum absolute atomic E-state index is 0.626. The van der Waals surface area contributed by atoms with Crippen LogP contribution in [0.15, 0.2) is 52.0 Å². The molecule has 98 valence electrons. The largest absolute Gasteiger partial charge is 0.496 e. The van der Waals surface area contributed by atoms with Gasteiger partial charge in [0.05, 0.1) is 24.0 Å². The molecule has 1 N–H and O–H groups in total. The fourth-order valence-corrected chi connectivity index (χ4v) is 2.09. The van der Waals surface area contributed by atoms with Gasteiger partial charge in [0.1, 0.15) is 5.75 Å². The van der Waals surface area contributed by atoms with Gasteiger partial charge in [0, 0.05) is 10.0 Å². The van der Waals surface area contributed by atoms with Crippen LogP contribution in [-0.2, 0) is 0 Å². The van der Waals surface area contributed by atoms with Crippen LogP contribution < -0.4 is 10.2 Å². The number of halogens is 2. The van der Waals surface area contributed by atoms with Gasteiger partial charge in [-0.25, -0.2) is 0 Å². The fourth-order valence-electron chi connectivity index (χ4n) is 1.53. The lowest BCUT2D eigenvalue weighted by molar-refractivity contribution is 0.414. The van der Waals surface area contributed by atoms with Crippen LogP contribution in [0.1, 0.15) is 5.56 Å². The molecule has 0 aliphatic heterocycles. The quantitative estimate of drug-likeness (QED) is 0.654. The highest BCUT2D eigenvalue weighted by atomic mass is 79.9. The summed E-state index contributed by atoms with van der Waals surface area (Å²) >= 11 is 9.44. The predicted octanol–water partition coefficient (Wildman–Crippen LogP) is 4.56. The molecule has 2 aromatic carbocycles. The number of ether oxygens (including phenoxy) is 1. The first kappa shape index (κ1) is 13.9. The Kier molecular flexibility index (Phi) is 4.82. The van der Waals surface area contributed by atoms with Crippen LogP contribution in [0.3, 0.4) is 0 Å². The molecule has 0 heterocycles. The van der Waals surface area contributed by atoms with E-state index in [9.17, 15) is 0 Å². The van der Waals surface area contributed by atoms with E-state index >= 15 is 0 Å². The number of nitrogens with one attached hydrogen (secondary N) is 1. The lowest BCUT2D eigenvalue weighted by Crippen LogP contribution is -1.94. The smallest absolute Gasteiger partial charge is 0.127 e. The van der Waals surface area contributed by atoms with Gasteiger partial charge in [0.2, 0.25) is 0 Å². The molecule has 0 spiro atoms. The topological polar surface area (TPSA) is 33.6 Å². The number of hydrazone groups is 1. The van der Waals surface area contributed by atoms with Crippen molar-refractivity contribution < 1.29 is 4.74 Å². The van der Waals surface area contributed by atoms with Crippen LogP contribution in [0, 0.1) is 0 Å². The average molecular weight is 340 g/mol. The van der Waals surface area contributed by atoms with Crippen LogP contribution in [0.25, 0.3) is 0 Å². The van der Waals surface area contributed by atoms with E-state index < -0.39 is 0 Å². The van der Waals surface area contributed by atoms with Crippen molar-refractivity contribution in [3.63, 3.8) is 0 Å². The Morgan fingerprint density at radius 2 is 2.05 bits per heavy atom. The number of rotatable bonds is 4. The van der Waals surface area contributed by atoms with Crippen molar-refractivity contribution in [2.24, 2.45) is 5.10 Å². The Morgan fingerprint density at radius 1 is 1.26 bits per heavy atom. The van der Waals surface area contributed by atoms with Crippen LogP contribution in [0.4, 0.5) is 5.69 Å². The van der Waals surface area contributed by atoms with Crippen molar-refractivity contribution >= 4 is 39.4 Å². The third kappa shape index (κ3) is 3.72. The molecule has 0 unspecified atom stereocenters. The number of hydrogen-bond donors (Lipinski definition) is 1. The second-order valence-electron chi connectivity index (χ2n) is 3.74. The summed E-state index contributed by atoms with van der Waals surface area (Å²) in [6.07, 6.45) is 1.69. The van der Waals surface area contributed by atoms with Gasteiger partial charge in [-0.2, -0.15) is 5.10 Å². The maximum absolute atomic E-state index is 6.02. The summed E-state index contributed by atoms with van der Waals surface area (Å²) in [4.78, 5) is 0. The first-order valence-electron chi connectivity index (χ1n) is 5.58. The molecule has 0 saturated heterocycles. The summed E-state index contributed by atoms with van der Waals surface area (Å²) in [5, 5.41) is 4.79. The summed E-state index contributed by atoms with van der Waals surface area (Å²) < 4.78 is 6.23. The minimum atomic E-state index is 0.626. The minimum Gasteiger partial charge on any atom is -0.496 e. The Bertz CT molecular complexity index is 602. The van der Waals surface area contributed by atoms with Crippen molar-refractivity contribution in [1.82, 2.24) is 0 Å². The first-order chi connectivity index (χ1) is 9.20. The first-order valence-corrected chi connectivity index (χ1v) is 6.75. The van der Waals surface area contributed by atoms with E-state index in [2.05, 4.69) is 26.5 Å². The van der Waals surface area contributed by atoms with E-state index in [1.807, 2.05) is 36.4 Å². The van der Waals surface area contributed by atoms with Crippen molar-refractivity contribution in [2.75, 3.05) is 12.5 Å². The molecule has 0 aliphatic carbocycles. The van der Waals surface area contributed by atoms with Crippen molar-refractivity contribution in [3.05, 3.63) is 57.5 Å². The number of nitrogens with zero attached hydrogens (tertiary/aromatic N) is 1. The van der Waals surface area contributed by atoms with Crippen molar-refractivity contribution in [3.8, 4) is 5.75 Å². The molecule has 0 aliphatic rings. The van der Waals surface area contributed by atoms with Crippen LogP contribution >= 0.6 is 27.5 Å². The zero-order valence-electron chi connectivity index (χ0n) is 10.2. The molecule has 0 radical (unpaired) electrons. The van der Waals surface area contributed by atoms with E-state index in [0.717, 1.165) is 21.5 Å². The molecule has 0 fully saturated rings. The number of anilines is 1. The Labute approximate surface area is 125 Å². The van der Waals surface area contributed by atoms with E-state index in [0.29, 0.717) is 5.02 Å². The maximum Gasteiger partial charge on any atom is 0.127 e. The van der Waals surface area contributed by atoms with Gasteiger partial charge in [-0.15, -0.1) is 0 Å². The molecule has 0 atom stereocenters. The fraction of sp³-hybridized carbons (Fsp3) is 0.0714. The number of benzene rings is 2. The van der Waals surface area contributed by atoms with Gasteiger partial charge in [-0.3, -0.25) is 5.43 Å². The van der Waals surface area contributed by atoms with Crippen molar-refractivity contribution in [1.29, 1.82) is 0 Å². The van der Waals surface area contributed by atoms with Crippen molar-refractivity contribution in [2.45, 2.75) is 0 Å². The molecular weight excluding hydrogens is 328 g/mol. The Hall–Kier alpha value is -1.52. The molecule has 2 aromatic rings. The van der Waals surface area contributed by atoms with Gasteiger partial charge >= 0.3 is 0 Å². The van der Waals surface area contributed by atoms with Crippen LogP contribution in [-0.4, -0.2) is 13.3 Å². The molecule has 0 aromatic heterocycles. The average Bonchev–Trinajstić information content (AvgIpc) is 2.41. The zero-order chi connectivity index (χ0) is 13.7. The van der Waals surface area contributed by atoms with E-state index in [1.165, 1.54) is 0 Å². The third-order valence-electron chi connectivity index (χ3n) is 2.45. The predicted molar refractivity (Wildman–Crippen MR) is 83.4 cm³/mol. The molecule has 0 amide bonds. The summed E-state index contributed by atoms with van der Waals surface area (Å²) in [6, 6.07) is 13.1. The SMILES string of the molecule is COc1ccc(Br)cc1/C=N/Nc1ccccc1Cl. The monoisotopic (exact) mass is 338 g/mol. The summed E-state index contributed by atoms with van der Waals surface area (Å²) in [6.45, 7) is 0. The van der Waals surface area contributed by atoms with Crippen LogP contribution in [0.2, 0.25) is 5.02 Å². The van der Waals surface area contributed by atoms with Gasteiger partial charge in [0.25, 0.3) is 0 Å². The van der Waals surface area contributed by atoms with Gasteiger partial charge in [-0.1, -0.05) is 39.7 Å². The van der Waals surface area contributed by atoms with E-state index in [4.69, 9.17) is 16.3 Å². The number of methoxy groups -OCH3 is 1. The van der Waals surface area contributed by atoms with Gasteiger partial charge in [0.15, 0.2) is 0 Å². The highest BCUT2D eigenvalue weighted by Crippen LogP contribution is 2.22. The lowest BCUT2D eigenvalue weighted by atomic mass is 10.2. The third-order valence-corrected chi connectivity index (χ3v) is 3.28. The molecule has 0 bridgehead atoms. The number of hydrogen-bond acceptors (Lipinski definition) is 3. The van der Waals surface area contributed by atoms with Gasteiger partial charge < -0.3 is 4.74 Å². The van der Waals surface area contributed by atoms with E-state index in [-0.39, 0.29) is 0 Å². The molecule has 2 rings (SSSR count). The molecule has 19 heavy (non-hydrogen) atoms. The maximum atomic E-state index is 6.02. The molecule has 5 heteroatoms. The highest BCUT2D eigenvalue weighted by Gasteiger charge is 2.01. The summed E-state index contributed by atoms with van der Waals surface area (Å²) in [5.74, 6) is 0.757. The second kappa shape index (κ2) is 6.59. The van der Waals surface area contributed by atoms with E-state index in [1.54, 1.807) is 19.4 Å². The second-order valence-corrected chi connectivity index (χ2v) is 5.06. The Morgan fingerprint density at radius 3 is 2.79 bits per heavy atom. The summed E-state index contributed by atoms with van der Waals surface area (Å²) in [7, 11) is 1.63. The molecular formula is C14H12BrClN2O. The molecule has 3 nitrogen and oxygen atoms in total. The number of para-hydroxylation sites is 1. The van der Waals surface area contributed by atoms with Gasteiger partial charge in [-0.05, 0) is 30.3 Å². The zero-order valence-corrected chi connectivity index (χ0v) is 12.6. The standard InChI is InChI=1S/C14H12BrClN2O/c1-19-14-7-6-11(15)8-10(14)9-17-18-13-5-3-2-4-12(13)16/h2-9,18H,1H3/b17-9+.